The molecule has 3 aromatic carbocycles. The van der Waals surface area contributed by atoms with Crippen molar-refractivity contribution >= 4 is 33.2 Å². The normalized spacial score (nSPS) is 11.0. The highest BCUT2D eigenvalue weighted by Gasteiger charge is 2.15. The van der Waals surface area contributed by atoms with Gasteiger partial charge in [-0.05, 0) is 67.9 Å². The molecule has 0 bridgehead atoms. The van der Waals surface area contributed by atoms with Crippen LogP contribution >= 0.6 is 0 Å². The van der Waals surface area contributed by atoms with Gasteiger partial charge in [-0.15, -0.1) is 0 Å². The lowest BCUT2D eigenvalue weighted by Crippen LogP contribution is -2.17. The van der Waals surface area contributed by atoms with E-state index in [4.69, 9.17) is 5.73 Å². The highest BCUT2D eigenvalue weighted by Crippen LogP contribution is 2.21. The quantitative estimate of drug-likeness (QED) is 0.563. The van der Waals surface area contributed by atoms with Gasteiger partial charge in [-0.25, -0.2) is 8.42 Å². The third-order valence-corrected chi connectivity index (χ3v) is 5.98. The number of nitrogens with one attached hydrogen (secondary N) is 2. The maximum Gasteiger partial charge on any atom is 0.261 e. The first kappa shape index (κ1) is 21.1. The van der Waals surface area contributed by atoms with Gasteiger partial charge in [0.1, 0.15) is 0 Å². The highest BCUT2D eigenvalue weighted by atomic mass is 32.2. The van der Waals surface area contributed by atoms with Gasteiger partial charge in [0.2, 0.25) is 5.91 Å². The summed E-state index contributed by atoms with van der Waals surface area (Å²) in [5, 5.41) is 2.74. The van der Waals surface area contributed by atoms with E-state index in [2.05, 4.69) is 10.0 Å². The van der Waals surface area contributed by atoms with Crippen LogP contribution in [-0.2, 0) is 10.0 Å². The Morgan fingerprint density at radius 3 is 2.10 bits per heavy atom. The molecule has 3 aromatic rings. The van der Waals surface area contributed by atoms with E-state index in [0.717, 1.165) is 5.56 Å². The van der Waals surface area contributed by atoms with Gasteiger partial charge in [-0.3, -0.25) is 14.3 Å². The Morgan fingerprint density at radius 2 is 1.50 bits per heavy atom. The van der Waals surface area contributed by atoms with E-state index in [-0.39, 0.29) is 4.90 Å². The van der Waals surface area contributed by atoms with Crippen molar-refractivity contribution in [2.45, 2.75) is 18.7 Å². The van der Waals surface area contributed by atoms with Crippen molar-refractivity contribution in [2.24, 2.45) is 5.73 Å². The fraction of sp³-hybridized carbons (Fsp3) is 0.0909. The lowest BCUT2D eigenvalue weighted by atomic mass is 10.1. The van der Waals surface area contributed by atoms with Crippen LogP contribution in [0.3, 0.4) is 0 Å². The van der Waals surface area contributed by atoms with Crippen molar-refractivity contribution in [3.05, 3.63) is 89.0 Å². The van der Waals surface area contributed by atoms with E-state index in [1.54, 1.807) is 37.3 Å². The number of amides is 2. The number of primary amides is 1. The minimum absolute atomic E-state index is 0.153. The number of rotatable bonds is 6. The second kappa shape index (κ2) is 8.38. The van der Waals surface area contributed by atoms with Crippen LogP contribution in [0.4, 0.5) is 11.4 Å². The van der Waals surface area contributed by atoms with Gasteiger partial charge >= 0.3 is 0 Å². The minimum atomic E-state index is -3.72. The molecule has 0 atom stereocenters. The molecule has 0 saturated heterocycles. The first-order valence-corrected chi connectivity index (χ1v) is 10.6. The molecule has 0 heterocycles. The standard InChI is InChI=1S/C22H21N3O4S/c1-14-6-12-18(13-7-14)30(28,29)25-17-10-8-16(9-11-17)22(27)24-20-5-3-4-19(15(20)2)21(23)26/h3-13,25H,1-2H3,(H2,23,26)(H,24,27). The Morgan fingerprint density at radius 1 is 0.867 bits per heavy atom. The summed E-state index contributed by atoms with van der Waals surface area (Å²) in [5.74, 6) is -0.971. The van der Waals surface area contributed by atoms with E-state index in [9.17, 15) is 18.0 Å². The van der Waals surface area contributed by atoms with Crippen LogP contribution in [0, 0.1) is 13.8 Å². The average molecular weight is 423 g/mol. The summed E-state index contributed by atoms with van der Waals surface area (Å²) in [6.45, 7) is 3.57. The summed E-state index contributed by atoms with van der Waals surface area (Å²) in [6.07, 6.45) is 0. The number of nitrogens with two attached hydrogens (primary N) is 1. The van der Waals surface area contributed by atoms with Crippen molar-refractivity contribution in [1.82, 2.24) is 0 Å². The van der Waals surface area contributed by atoms with Crippen LogP contribution in [0.5, 0.6) is 0 Å². The number of anilines is 2. The number of carbonyl (C=O) groups excluding carboxylic acids is 2. The van der Waals surface area contributed by atoms with Gasteiger partial charge in [0.15, 0.2) is 0 Å². The predicted octanol–water partition coefficient (Wildman–Crippen LogP) is 3.46. The summed E-state index contributed by atoms with van der Waals surface area (Å²) in [7, 11) is -3.72. The van der Waals surface area contributed by atoms with Gasteiger partial charge in [-0.2, -0.15) is 0 Å². The molecule has 8 heteroatoms. The zero-order valence-electron chi connectivity index (χ0n) is 16.5. The lowest BCUT2D eigenvalue weighted by molar-refractivity contribution is 0.0995. The molecule has 0 fully saturated rings. The molecule has 0 aliphatic carbocycles. The second-order valence-corrected chi connectivity index (χ2v) is 8.47. The molecule has 2 amide bonds. The maximum atomic E-state index is 12.5. The number of hydrogen-bond acceptors (Lipinski definition) is 4. The maximum absolute atomic E-state index is 12.5. The van der Waals surface area contributed by atoms with E-state index >= 15 is 0 Å². The summed E-state index contributed by atoms with van der Waals surface area (Å²) < 4.78 is 27.4. The zero-order valence-corrected chi connectivity index (χ0v) is 17.3. The van der Waals surface area contributed by atoms with Gasteiger partial charge in [0, 0.05) is 22.5 Å². The number of benzene rings is 3. The Balaban J connectivity index is 1.74. The molecule has 0 aliphatic heterocycles. The fourth-order valence-electron chi connectivity index (χ4n) is 2.85. The number of sulfonamides is 1. The van der Waals surface area contributed by atoms with Crippen LogP contribution in [0.2, 0.25) is 0 Å². The highest BCUT2D eigenvalue weighted by molar-refractivity contribution is 7.92. The first-order chi connectivity index (χ1) is 14.2. The zero-order chi connectivity index (χ0) is 21.9. The number of hydrogen-bond donors (Lipinski definition) is 3. The number of aryl methyl sites for hydroxylation is 1. The van der Waals surface area contributed by atoms with Gasteiger partial charge in [0.05, 0.1) is 4.90 Å². The monoisotopic (exact) mass is 423 g/mol. The van der Waals surface area contributed by atoms with E-state index in [0.29, 0.717) is 28.1 Å². The molecule has 30 heavy (non-hydrogen) atoms. The Kier molecular flexibility index (Phi) is 5.89. The molecular weight excluding hydrogens is 402 g/mol. The van der Waals surface area contributed by atoms with Crippen molar-refractivity contribution in [3.8, 4) is 0 Å². The molecule has 0 aromatic heterocycles. The van der Waals surface area contributed by atoms with Gasteiger partial charge < -0.3 is 11.1 Å². The third kappa shape index (κ3) is 4.66. The molecule has 0 spiro atoms. The average Bonchev–Trinajstić information content (AvgIpc) is 2.70. The van der Waals surface area contributed by atoms with Crippen molar-refractivity contribution in [2.75, 3.05) is 10.0 Å². The fourth-order valence-corrected chi connectivity index (χ4v) is 3.91. The van der Waals surface area contributed by atoms with Crippen LogP contribution < -0.4 is 15.8 Å². The largest absolute Gasteiger partial charge is 0.366 e. The molecule has 0 aliphatic rings. The van der Waals surface area contributed by atoms with Crippen molar-refractivity contribution in [3.63, 3.8) is 0 Å². The van der Waals surface area contributed by atoms with Crippen LogP contribution in [0.25, 0.3) is 0 Å². The summed E-state index contributed by atoms with van der Waals surface area (Å²) in [4.78, 5) is 24.1. The third-order valence-electron chi connectivity index (χ3n) is 4.58. The molecule has 3 rings (SSSR count). The predicted molar refractivity (Wildman–Crippen MR) is 116 cm³/mol. The number of carbonyl (C=O) groups is 2. The molecule has 0 unspecified atom stereocenters. The molecule has 0 radical (unpaired) electrons. The van der Waals surface area contributed by atoms with Crippen LogP contribution in [0.15, 0.2) is 71.6 Å². The SMILES string of the molecule is Cc1ccc(S(=O)(=O)Nc2ccc(C(=O)Nc3cccc(C(N)=O)c3C)cc2)cc1. The molecule has 0 saturated carbocycles. The van der Waals surface area contributed by atoms with E-state index < -0.39 is 21.8 Å². The molecular formula is C22H21N3O4S. The topological polar surface area (TPSA) is 118 Å². The van der Waals surface area contributed by atoms with E-state index in [1.807, 2.05) is 6.92 Å². The second-order valence-electron chi connectivity index (χ2n) is 6.79. The van der Waals surface area contributed by atoms with Crippen LogP contribution in [0.1, 0.15) is 31.8 Å². The Hall–Kier alpha value is -3.65. The van der Waals surface area contributed by atoms with Gasteiger partial charge in [0.25, 0.3) is 15.9 Å². The van der Waals surface area contributed by atoms with Gasteiger partial charge in [-0.1, -0.05) is 23.8 Å². The molecule has 7 nitrogen and oxygen atoms in total. The summed E-state index contributed by atoms with van der Waals surface area (Å²) in [6, 6.07) is 17.4. The van der Waals surface area contributed by atoms with E-state index in [1.165, 1.54) is 36.4 Å². The summed E-state index contributed by atoms with van der Waals surface area (Å²) >= 11 is 0. The van der Waals surface area contributed by atoms with Crippen molar-refractivity contribution in [1.29, 1.82) is 0 Å². The smallest absolute Gasteiger partial charge is 0.261 e. The Labute approximate surface area is 175 Å². The molecule has 154 valence electrons. The molecule has 4 N–H and O–H groups in total. The van der Waals surface area contributed by atoms with Crippen LogP contribution in [-0.4, -0.2) is 20.2 Å². The lowest BCUT2D eigenvalue weighted by Gasteiger charge is -2.12. The summed E-state index contributed by atoms with van der Waals surface area (Å²) in [5.41, 5.74) is 8.33. The first-order valence-electron chi connectivity index (χ1n) is 9.08. The minimum Gasteiger partial charge on any atom is -0.366 e. The van der Waals surface area contributed by atoms with Crippen molar-refractivity contribution < 1.29 is 18.0 Å². The Bertz CT molecular complexity index is 1200.